The first-order valence-electron chi connectivity index (χ1n) is 9.41. The summed E-state index contributed by atoms with van der Waals surface area (Å²) in [5.74, 6) is -1.51. The Balaban J connectivity index is 1.95. The largest absolute Gasteiger partial charge is 0.507 e. The highest BCUT2D eigenvalue weighted by Gasteiger charge is 2.21. The van der Waals surface area contributed by atoms with Crippen molar-refractivity contribution < 1.29 is 19.8 Å². The number of carboxylic acids is 1. The van der Waals surface area contributed by atoms with E-state index in [-0.39, 0.29) is 16.9 Å². The van der Waals surface area contributed by atoms with Crippen molar-refractivity contribution in [3.8, 4) is 28.0 Å². The molecular weight excluding hydrogens is 376 g/mol. The number of carbonyl (C=O) groups excluding carboxylic acids is 1. The molecule has 30 heavy (non-hydrogen) atoms. The van der Waals surface area contributed by atoms with Crippen LogP contribution in [0.15, 0.2) is 97.1 Å². The number of carbonyl (C=O) groups is 2. The van der Waals surface area contributed by atoms with Gasteiger partial charge in [0, 0.05) is 22.3 Å². The zero-order valence-electron chi connectivity index (χ0n) is 15.9. The molecule has 0 aromatic heterocycles. The monoisotopic (exact) mass is 394 g/mol. The molecule has 4 rings (SSSR count). The predicted octanol–water partition coefficient (Wildman–Crippen LogP) is 5.66. The number of hydrogen-bond acceptors (Lipinski definition) is 3. The number of rotatable bonds is 5. The summed E-state index contributed by atoms with van der Waals surface area (Å²) in [5, 5.41) is 20.5. The third-order valence-electron chi connectivity index (χ3n) is 4.94. The van der Waals surface area contributed by atoms with Gasteiger partial charge in [0.1, 0.15) is 5.75 Å². The molecule has 0 aliphatic carbocycles. The number of aromatic carboxylic acids is 1. The number of aromatic hydroxyl groups is 1. The number of benzene rings is 4. The van der Waals surface area contributed by atoms with Crippen molar-refractivity contribution in [1.82, 2.24) is 0 Å². The topological polar surface area (TPSA) is 74.6 Å². The van der Waals surface area contributed by atoms with Gasteiger partial charge in [-0.05, 0) is 29.3 Å². The van der Waals surface area contributed by atoms with Gasteiger partial charge in [0.2, 0.25) is 0 Å². The normalized spacial score (nSPS) is 10.5. The second-order valence-corrected chi connectivity index (χ2v) is 6.83. The Labute approximate surface area is 173 Å². The van der Waals surface area contributed by atoms with Crippen LogP contribution in [0.4, 0.5) is 0 Å². The summed E-state index contributed by atoms with van der Waals surface area (Å²) in [4.78, 5) is 24.9. The van der Waals surface area contributed by atoms with Crippen molar-refractivity contribution in [1.29, 1.82) is 0 Å². The lowest BCUT2D eigenvalue weighted by molar-refractivity contribution is 0.0693. The molecule has 4 heteroatoms. The average Bonchev–Trinajstić information content (AvgIpc) is 2.80. The van der Waals surface area contributed by atoms with Gasteiger partial charge in [-0.3, -0.25) is 4.79 Å². The second-order valence-electron chi connectivity index (χ2n) is 6.83. The van der Waals surface area contributed by atoms with E-state index in [1.54, 1.807) is 24.3 Å². The maximum atomic E-state index is 13.3. The number of ketones is 1. The predicted molar refractivity (Wildman–Crippen MR) is 116 cm³/mol. The van der Waals surface area contributed by atoms with Gasteiger partial charge in [-0.1, -0.05) is 78.9 Å². The highest BCUT2D eigenvalue weighted by Crippen LogP contribution is 2.39. The van der Waals surface area contributed by atoms with Gasteiger partial charge in [-0.15, -0.1) is 0 Å². The third-order valence-corrected chi connectivity index (χ3v) is 4.94. The van der Waals surface area contributed by atoms with Crippen LogP contribution in [0.25, 0.3) is 22.3 Å². The van der Waals surface area contributed by atoms with E-state index in [2.05, 4.69) is 0 Å². The number of hydrogen-bond donors (Lipinski definition) is 2. The Morgan fingerprint density at radius 3 is 1.50 bits per heavy atom. The van der Waals surface area contributed by atoms with Gasteiger partial charge in [0.25, 0.3) is 0 Å². The third kappa shape index (κ3) is 3.59. The van der Waals surface area contributed by atoms with Crippen LogP contribution in [0.5, 0.6) is 5.75 Å². The number of phenolic OH excluding ortho intramolecular Hbond substituents is 1. The zero-order valence-corrected chi connectivity index (χ0v) is 15.9. The van der Waals surface area contributed by atoms with Gasteiger partial charge in [0.15, 0.2) is 5.78 Å². The quantitative estimate of drug-likeness (QED) is 0.429. The van der Waals surface area contributed by atoms with E-state index in [1.807, 2.05) is 60.7 Å². The van der Waals surface area contributed by atoms with Crippen molar-refractivity contribution in [2.75, 3.05) is 0 Å². The molecule has 2 N–H and O–H groups in total. The van der Waals surface area contributed by atoms with E-state index >= 15 is 0 Å². The summed E-state index contributed by atoms with van der Waals surface area (Å²) >= 11 is 0. The first-order chi connectivity index (χ1) is 14.6. The van der Waals surface area contributed by atoms with E-state index in [0.29, 0.717) is 16.7 Å². The van der Waals surface area contributed by atoms with Crippen molar-refractivity contribution in [3.05, 3.63) is 114 Å². The molecular formula is C26H18O4. The smallest absolute Gasteiger partial charge is 0.336 e. The molecule has 0 radical (unpaired) electrons. The molecule has 0 atom stereocenters. The standard InChI is InChI=1S/C26H18O4/c27-24(20-13-7-8-14-21(20)26(29)30)19-15-22(17-9-3-1-4-10-17)25(28)23(16-19)18-11-5-2-6-12-18/h1-16,28H,(H,29,30). The van der Waals surface area contributed by atoms with Gasteiger partial charge >= 0.3 is 5.97 Å². The summed E-state index contributed by atoms with van der Waals surface area (Å²) in [6.07, 6.45) is 0. The number of phenols is 1. The van der Waals surface area contributed by atoms with Crippen LogP contribution < -0.4 is 0 Å². The Hall–Kier alpha value is -4.18. The van der Waals surface area contributed by atoms with Crippen LogP contribution in [0.2, 0.25) is 0 Å². The van der Waals surface area contributed by atoms with Crippen LogP contribution in [0.1, 0.15) is 26.3 Å². The molecule has 146 valence electrons. The molecule has 0 heterocycles. The van der Waals surface area contributed by atoms with Crippen LogP contribution in [0, 0.1) is 0 Å². The SMILES string of the molecule is O=C(O)c1ccccc1C(=O)c1cc(-c2ccccc2)c(O)c(-c2ccccc2)c1. The molecule has 0 fully saturated rings. The van der Waals surface area contributed by atoms with Crippen LogP contribution in [-0.2, 0) is 0 Å². The summed E-state index contributed by atoms with van der Waals surface area (Å²) < 4.78 is 0. The fourth-order valence-electron chi connectivity index (χ4n) is 3.46. The molecule has 0 saturated heterocycles. The highest BCUT2D eigenvalue weighted by molar-refractivity contribution is 6.15. The van der Waals surface area contributed by atoms with E-state index in [4.69, 9.17) is 0 Å². The summed E-state index contributed by atoms with van der Waals surface area (Å²) in [7, 11) is 0. The van der Waals surface area contributed by atoms with E-state index in [1.165, 1.54) is 12.1 Å². The van der Waals surface area contributed by atoms with Crippen molar-refractivity contribution in [3.63, 3.8) is 0 Å². The van der Waals surface area contributed by atoms with Crippen molar-refractivity contribution in [2.24, 2.45) is 0 Å². The van der Waals surface area contributed by atoms with Gasteiger partial charge < -0.3 is 10.2 Å². The molecule has 4 aromatic carbocycles. The molecule has 4 nitrogen and oxygen atoms in total. The fourth-order valence-corrected chi connectivity index (χ4v) is 3.46. The Kier molecular flexibility index (Phi) is 5.14. The maximum absolute atomic E-state index is 13.3. The first-order valence-corrected chi connectivity index (χ1v) is 9.41. The summed E-state index contributed by atoms with van der Waals surface area (Å²) in [5.41, 5.74) is 2.88. The second kappa shape index (κ2) is 8.05. The molecule has 4 aromatic rings. The van der Waals surface area contributed by atoms with Gasteiger partial charge in [-0.25, -0.2) is 4.79 Å². The number of carboxylic acid groups (broad SMARTS) is 1. The average molecular weight is 394 g/mol. The lowest BCUT2D eigenvalue weighted by Gasteiger charge is -2.14. The molecule has 0 unspecified atom stereocenters. The fraction of sp³-hybridized carbons (Fsp3) is 0. The first kappa shape index (κ1) is 19.2. The van der Waals surface area contributed by atoms with Crippen LogP contribution >= 0.6 is 0 Å². The lowest BCUT2D eigenvalue weighted by Crippen LogP contribution is -2.10. The van der Waals surface area contributed by atoms with E-state index in [0.717, 1.165) is 11.1 Å². The molecule has 0 amide bonds. The Morgan fingerprint density at radius 2 is 1.03 bits per heavy atom. The minimum atomic E-state index is -1.16. The lowest BCUT2D eigenvalue weighted by atomic mass is 9.90. The van der Waals surface area contributed by atoms with Gasteiger partial charge in [0.05, 0.1) is 5.56 Å². The Bertz CT molecular complexity index is 1170. The molecule has 0 aliphatic rings. The van der Waals surface area contributed by atoms with E-state index in [9.17, 15) is 19.8 Å². The van der Waals surface area contributed by atoms with Crippen molar-refractivity contribution in [2.45, 2.75) is 0 Å². The molecule has 0 aliphatic heterocycles. The highest BCUT2D eigenvalue weighted by atomic mass is 16.4. The zero-order chi connectivity index (χ0) is 21.1. The Morgan fingerprint density at radius 1 is 0.600 bits per heavy atom. The maximum Gasteiger partial charge on any atom is 0.336 e. The minimum Gasteiger partial charge on any atom is -0.507 e. The molecule has 0 saturated carbocycles. The van der Waals surface area contributed by atoms with Gasteiger partial charge in [-0.2, -0.15) is 0 Å². The van der Waals surface area contributed by atoms with Crippen molar-refractivity contribution >= 4 is 11.8 Å². The van der Waals surface area contributed by atoms with E-state index < -0.39 is 11.8 Å². The van der Waals surface area contributed by atoms with Crippen LogP contribution in [-0.4, -0.2) is 22.0 Å². The molecule has 0 spiro atoms. The minimum absolute atomic E-state index is 0.0573. The van der Waals surface area contributed by atoms with Crippen LogP contribution in [0.3, 0.4) is 0 Å². The summed E-state index contributed by atoms with van der Waals surface area (Å²) in [6, 6.07) is 27.9. The summed E-state index contributed by atoms with van der Waals surface area (Å²) in [6.45, 7) is 0. The molecule has 0 bridgehead atoms.